The first kappa shape index (κ1) is 14.9. The van der Waals surface area contributed by atoms with Gasteiger partial charge in [-0.25, -0.2) is 14.6 Å². The molecule has 0 aliphatic heterocycles. The van der Waals surface area contributed by atoms with Gasteiger partial charge < -0.3 is 20.4 Å². The molecule has 0 fully saturated rings. The number of nitrogens with zero attached hydrogens (tertiary/aromatic N) is 2. The van der Waals surface area contributed by atoms with Crippen molar-refractivity contribution < 1.29 is 24.6 Å². The lowest BCUT2D eigenvalue weighted by Gasteiger charge is -2.19. The van der Waals surface area contributed by atoms with Gasteiger partial charge >= 0.3 is 18.0 Å². The second-order valence-corrected chi connectivity index (χ2v) is 4.49. The second-order valence-electron chi connectivity index (χ2n) is 3.77. The number of carbonyl (C=O) groups excluding carboxylic acids is 1. The number of amides is 2. The number of hydrogen-bond acceptors (Lipinski definition) is 5. The van der Waals surface area contributed by atoms with Crippen LogP contribution in [-0.2, 0) is 16.1 Å². The molecule has 1 aromatic heterocycles. The molecule has 2 amide bonds. The van der Waals surface area contributed by atoms with Crippen LogP contribution in [0.1, 0.15) is 12.1 Å². The smallest absolute Gasteiger partial charge is 0.326 e. The summed E-state index contributed by atoms with van der Waals surface area (Å²) in [6.45, 7) is 0.217. The standard InChI is InChI=1S/C10H13N3O5S/c1-13(3-6-4-19-5-11-6)10(18)12-7(9(16)17)2-8(14)15/h4-5,7H,2-3H2,1H3,(H,12,18)(H,14,15)(H,16,17)/t7-/m1/s1. The van der Waals surface area contributed by atoms with E-state index in [2.05, 4.69) is 10.3 Å². The highest BCUT2D eigenvalue weighted by atomic mass is 32.1. The Morgan fingerprint density at radius 2 is 2.16 bits per heavy atom. The Hall–Kier alpha value is -2.16. The van der Waals surface area contributed by atoms with Crippen molar-refractivity contribution in [3.8, 4) is 0 Å². The molecule has 0 spiro atoms. The molecule has 0 aliphatic rings. The molecule has 1 aromatic rings. The van der Waals surface area contributed by atoms with Gasteiger partial charge in [-0.15, -0.1) is 11.3 Å². The fraction of sp³-hybridized carbons (Fsp3) is 0.400. The Kier molecular flexibility index (Phi) is 5.24. The van der Waals surface area contributed by atoms with Crippen molar-refractivity contribution in [2.45, 2.75) is 19.0 Å². The third-order valence-electron chi connectivity index (χ3n) is 2.20. The van der Waals surface area contributed by atoms with Crippen LogP contribution in [0.4, 0.5) is 4.79 Å². The van der Waals surface area contributed by atoms with E-state index in [0.29, 0.717) is 5.69 Å². The number of aliphatic carboxylic acids is 2. The predicted molar refractivity (Wildman–Crippen MR) is 65.8 cm³/mol. The van der Waals surface area contributed by atoms with Crippen molar-refractivity contribution >= 4 is 29.3 Å². The number of rotatable bonds is 6. The molecule has 3 N–H and O–H groups in total. The monoisotopic (exact) mass is 287 g/mol. The van der Waals surface area contributed by atoms with Gasteiger partial charge in [0.2, 0.25) is 0 Å². The summed E-state index contributed by atoms with van der Waals surface area (Å²) in [6.07, 6.45) is -0.675. The van der Waals surface area contributed by atoms with Gasteiger partial charge in [-0.3, -0.25) is 4.79 Å². The number of nitrogens with one attached hydrogen (secondary N) is 1. The number of thiazole rings is 1. The molecule has 104 valence electrons. The fourth-order valence-electron chi connectivity index (χ4n) is 1.26. The van der Waals surface area contributed by atoms with E-state index in [9.17, 15) is 14.4 Å². The van der Waals surface area contributed by atoms with Crippen molar-refractivity contribution in [2.75, 3.05) is 7.05 Å². The minimum absolute atomic E-state index is 0.217. The van der Waals surface area contributed by atoms with Gasteiger partial charge in [0.1, 0.15) is 6.04 Å². The predicted octanol–water partition coefficient (Wildman–Crippen LogP) is 0.212. The van der Waals surface area contributed by atoms with Crippen LogP contribution >= 0.6 is 11.3 Å². The van der Waals surface area contributed by atoms with Gasteiger partial charge in [-0.1, -0.05) is 0 Å². The Balaban J connectivity index is 2.56. The summed E-state index contributed by atoms with van der Waals surface area (Å²) in [5.41, 5.74) is 2.29. The molecule has 0 bridgehead atoms. The summed E-state index contributed by atoms with van der Waals surface area (Å²) in [7, 11) is 1.47. The Bertz CT molecular complexity index is 462. The van der Waals surface area contributed by atoms with Gasteiger partial charge in [-0.2, -0.15) is 0 Å². The third-order valence-corrected chi connectivity index (χ3v) is 2.84. The SMILES string of the molecule is CN(Cc1cscn1)C(=O)N[C@H](CC(=O)O)C(=O)O. The molecule has 1 rings (SSSR count). The van der Waals surface area contributed by atoms with Crippen LogP contribution in [0.5, 0.6) is 0 Å². The number of aromatic nitrogens is 1. The average Bonchev–Trinajstić information content (AvgIpc) is 2.79. The number of carbonyl (C=O) groups is 3. The molecular formula is C10H13N3O5S. The molecule has 0 aromatic carbocycles. The van der Waals surface area contributed by atoms with Crippen LogP contribution < -0.4 is 5.32 Å². The Labute approximate surface area is 112 Å². The van der Waals surface area contributed by atoms with Crippen LogP contribution in [0.25, 0.3) is 0 Å². The summed E-state index contributed by atoms with van der Waals surface area (Å²) in [6, 6.07) is -2.12. The van der Waals surface area contributed by atoms with Crippen molar-refractivity contribution in [1.82, 2.24) is 15.2 Å². The first-order valence-electron chi connectivity index (χ1n) is 5.23. The molecule has 1 atom stereocenters. The highest BCUT2D eigenvalue weighted by Gasteiger charge is 2.24. The summed E-state index contributed by atoms with van der Waals surface area (Å²) < 4.78 is 0. The van der Waals surface area contributed by atoms with Crippen molar-refractivity contribution in [1.29, 1.82) is 0 Å². The van der Waals surface area contributed by atoms with Gasteiger partial charge in [0.05, 0.1) is 24.2 Å². The zero-order valence-corrected chi connectivity index (χ0v) is 10.9. The van der Waals surface area contributed by atoms with Crippen molar-refractivity contribution in [3.63, 3.8) is 0 Å². The maximum atomic E-state index is 11.7. The first-order valence-corrected chi connectivity index (χ1v) is 6.17. The van der Waals surface area contributed by atoms with Crippen LogP contribution in [0.2, 0.25) is 0 Å². The molecule has 0 aliphatic carbocycles. The minimum Gasteiger partial charge on any atom is -0.481 e. The van der Waals surface area contributed by atoms with Gasteiger partial charge in [-0.05, 0) is 0 Å². The summed E-state index contributed by atoms with van der Waals surface area (Å²) in [5.74, 6) is -2.69. The summed E-state index contributed by atoms with van der Waals surface area (Å²) in [5, 5.41) is 21.3. The molecule has 9 heteroatoms. The van der Waals surface area contributed by atoms with E-state index in [1.165, 1.54) is 23.3 Å². The normalized spacial score (nSPS) is 11.6. The van der Waals surface area contributed by atoms with Crippen molar-refractivity contribution in [2.24, 2.45) is 0 Å². The van der Waals surface area contributed by atoms with Crippen LogP contribution in [-0.4, -0.2) is 51.2 Å². The van der Waals surface area contributed by atoms with Crippen LogP contribution in [0.3, 0.4) is 0 Å². The van der Waals surface area contributed by atoms with Gasteiger partial charge in [0, 0.05) is 12.4 Å². The molecule has 0 saturated carbocycles. The number of carboxylic acid groups (broad SMARTS) is 2. The molecule has 19 heavy (non-hydrogen) atoms. The van der Waals surface area contributed by atoms with E-state index in [-0.39, 0.29) is 6.54 Å². The van der Waals surface area contributed by atoms with Crippen LogP contribution in [0, 0.1) is 0 Å². The molecule has 0 radical (unpaired) electrons. The summed E-state index contributed by atoms with van der Waals surface area (Å²) >= 11 is 1.38. The minimum atomic E-state index is -1.46. The van der Waals surface area contributed by atoms with Crippen molar-refractivity contribution in [3.05, 3.63) is 16.6 Å². The highest BCUT2D eigenvalue weighted by Crippen LogP contribution is 2.04. The van der Waals surface area contributed by atoms with E-state index >= 15 is 0 Å². The van der Waals surface area contributed by atoms with E-state index in [4.69, 9.17) is 10.2 Å². The quantitative estimate of drug-likeness (QED) is 0.688. The summed E-state index contributed by atoms with van der Waals surface area (Å²) in [4.78, 5) is 38.2. The number of carboxylic acids is 2. The van der Waals surface area contributed by atoms with E-state index in [1.54, 1.807) is 10.9 Å². The third kappa shape index (κ3) is 4.92. The molecular weight excluding hydrogens is 274 g/mol. The molecule has 0 saturated heterocycles. The fourth-order valence-corrected chi connectivity index (χ4v) is 1.81. The Morgan fingerprint density at radius 3 is 2.63 bits per heavy atom. The molecule has 8 nitrogen and oxygen atoms in total. The maximum absolute atomic E-state index is 11.7. The van der Waals surface area contributed by atoms with Gasteiger partial charge in [0.25, 0.3) is 0 Å². The van der Waals surface area contributed by atoms with Crippen LogP contribution in [0.15, 0.2) is 10.9 Å². The molecule has 0 unspecified atom stereocenters. The average molecular weight is 287 g/mol. The Morgan fingerprint density at radius 1 is 1.47 bits per heavy atom. The van der Waals surface area contributed by atoms with Gasteiger partial charge in [0.15, 0.2) is 0 Å². The first-order chi connectivity index (χ1) is 8.90. The largest absolute Gasteiger partial charge is 0.481 e. The lowest BCUT2D eigenvalue weighted by molar-refractivity contribution is -0.145. The molecule has 1 heterocycles. The maximum Gasteiger partial charge on any atom is 0.326 e. The lowest BCUT2D eigenvalue weighted by Crippen LogP contribution is -2.47. The zero-order valence-electron chi connectivity index (χ0n) is 10.1. The lowest BCUT2D eigenvalue weighted by atomic mass is 10.2. The zero-order chi connectivity index (χ0) is 14.4. The second kappa shape index (κ2) is 6.69. The van der Waals surface area contributed by atoms with E-state index < -0.39 is 30.4 Å². The van der Waals surface area contributed by atoms with E-state index in [1.807, 2.05) is 0 Å². The van der Waals surface area contributed by atoms with E-state index in [0.717, 1.165) is 0 Å². The number of urea groups is 1. The number of hydrogen-bond donors (Lipinski definition) is 3. The topological polar surface area (TPSA) is 120 Å². The highest BCUT2D eigenvalue weighted by molar-refractivity contribution is 7.07.